The standard InChI is InChI=1S/C16H18F3N7O/c1-9(20)14(27)25-12-4-5-21-13(24-12)10-7-22-15(23-8-10)26-6-2-3-11(26)16(17,18)19/h4-5,7-9,11H,2-3,6,20H2,1H3,(H,21,24,25,27). The topological polar surface area (TPSA) is 110 Å². The monoisotopic (exact) mass is 381 g/mol. The maximum Gasteiger partial charge on any atom is 0.408 e. The normalized spacial score (nSPS) is 18.4. The highest BCUT2D eigenvalue weighted by molar-refractivity contribution is 5.93. The van der Waals surface area contributed by atoms with Gasteiger partial charge in [0.1, 0.15) is 11.9 Å². The van der Waals surface area contributed by atoms with E-state index in [1.165, 1.54) is 31.6 Å². The van der Waals surface area contributed by atoms with Crippen molar-refractivity contribution in [2.45, 2.75) is 38.0 Å². The fourth-order valence-electron chi connectivity index (χ4n) is 2.74. The highest BCUT2D eigenvalue weighted by atomic mass is 19.4. The number of halogens is 3. The van der Waals surface area contributed by atoms with Gasteiger partial charge >= 0.3 is 6.18 Å². The van der Waals surface area contributed by atoms with Crippen LogP contribution in [0.15, 0.2) is 24.7 Å². The molecule has 2 unspecified atom stereocenters. The summed E-state index contributed by atoms with van der Waals surface area (Å²) in [5.74, 6) is 0.0966. The highest BCUT2D eigenvalue weighted by Crippen LogP contribution is 2.34. The molecule has 2 aromatic rings. The van der Waals surface area contributed by atoms with Crippen molar-refractivity contribution in [2.24, 2.45) is 5.73 Å². The number of carbonyl (C=O) groups excluding carboxylic acids is 1. The molecular formula is C16H18F3N7O. The van der Waals surface area contributed by atoms with E-state index in [0.29, 0.717) is 12.0 Å². The van der Waals surface area contributed by atoms with Crippen LogP contribution in [0, 0.1) is 0 Å². The van der Waals surface area contributed by atoms with Crippen molar-refractivity contribution in [2.75, 3.05) is 16.8 Å². The Bertz CT molecular complexity index is 810. The highest BCUT2D eigenvalue weighted by Gasteiger charge is 2.46. The van der Waals surface area contributed by atoms with Gasteiger partial charge in [-0.1, -0.05) is 0 Å². The van der Waals surface area contributed by atoms with Gasteiger partial charge in [-0.15, -0.1) is 0 Å². The number of anilines is 2. The van der Waals surface area contributed by atoms with Gasteiger partial charge in [0, 0.05) is 25.1 Å². The number of nitrogens with one attached hydrogen (secondary N) is 1. The molecule has 2 atom stereocenters. The molecule has 0 saturated carbocycles. The molecule has 3 rings (SSSR count). The van der Waals surface area contributed by atoms with Crippen molar-refractivity contribution in [3.05, 3.63) is 24.7 Å². The van der Waals surface area contributed by atoms with E-state index in [4.69, 9.17) is 5.73 Å². The maximum atomic E-state index is 13.1. The zero-order valence-corrected chi connectivity index (χ0v) is 14.4. The number of hydrogen-bond acceptors (Lipinski definition) is 7. The second-order valence-electron chi connectivity index (χ2n) is 6.21. The molecular weight excluding hydrogens is 363 g/mol. The van der Waals surface area contributed by atoms with E-state index in [2.05, 4.69) is 25.3 Å². The minimum Gasteiger partial charge on any atom is -0.329 e. The van der Waals surface area contributed by atoms with E-state index in [1.54, 1.807) is 0 Å². The Morgan fingerprint density at radius 3 is 2.67 bits per heavy atom. The first-order chi connectivity index (χ1) is 12.8. The van der Waals surface area contributed by atoms with Crippen LogP contribution in [-0.2, 0) is 4.79 Å². The van der Waals surface area contributed by atoms with Crippen molar-refractivity contribution in [3.63, 3.8) is 0 Å². The van der Waals surface area contributed by atoms with E-state index in [-0.39, 0.29) is 30.6 Å². The molecule has 1 aliphatic heterocycles. The van der Waals surface area contributed by atoms with Gasteiger partial charge in [-0.3, -0.25) is 4.79 Å². The molecule has 27 heavy (non-hydrogen) atoms. The third-order valence-corrected chi connectivity index (χ3v) is 4.10. The predicted octanol–water partition coefficient (Wildman–Crippen LogP) is 1.75. The summed E-state index contributed by atoms with van der Waals surface area (Å²) >= 11 is 0. The number of hydrogen-bond donors (Lipinski definition) is 2. The number of nitrogens with zero attached hydrogens (tertiary/aromatic N) is 5. The summed E-state index contributed by atoms with van der Waals surface area (Å²) in [6, 6.07) is -0.776. The number of aromatic nitrogens is 4. The predicted molar refractivity (Wildman–Crippen MR) is 91.8 cm³/mol. The fraction of sp³-hybridized carbons (Fsp3) is 0.438. The summed E-state index contributed by atoms with van der Waals surface area (Å²) in [7, 11) is 0. The lowest BCUT2D eigenvalue weighted by Crippen LogP contribution is -2.42. The third-order valence-electron chi connectivity index (χ3n) is 4.10. The van der Waals surface area contributed by atoms with Gasteiger partial charge in [0.15, 0.2) is 5.82 Å². The van der Waals surface area contributed by atoms with E-state index >= 15 is 0 Å². The van der Waals surface area contributed by atoms with Crippen LogP contribution < -0.4 is 16.0 Å². The molecule has 0 aromatic carbocycles. The van der Waals surface area contributed by atoms with Crippen LogP contribution in [0.3, 0.4) is 0 Å². The fourth-order valence-corrected chi connectivity index (χ4v) is 2.74. The van der Waals surface area contributed by atoms with Crippen molar-refractivity contribution in [3.8, 4) is 11.4 Å². The Labute approximate surface area is 153 Å². The van der Waals surface area contributed by atoms with Crippen LogP contribution in [0.1, 0.15) is 19.8 Å². The molecule has 1 amide bonds. The van der Waals surface area contributed by atoms with Gasteiger partial charge < -0.3 is 16.0 Å². The van der Waals surface area contributed by atoms with Crippen LogP contribution in [0.2, 0.25) is 0 Å². The molecule has 11 heteroatoms. The molecule has 1 fully saturated rings. The average Bonchev–Trinajstić information content (AvgIpc) is 3.12. The minimum atomic E-state index is -4.33. The molecule has 1 aliphatic rings. The Hall–Kier alpha value is -2.82. The average molecular weight is 381 g/mol. The van der Waals surface area contributed by atoms with E-state index in [9.17, 15) is 18.0 Å². The summed E-state index contributed by atoms with van der Waals surface area (Å²) in [5, 5.41) is 2.54. The largest absolute Gasteiger partial charge is 0.408 e. The number of carbonyl (C=O) groups is 1. The molecule has 8 nitrogen and oxygen atoms in total. The Kier molecular flexibility index (Phi) is 5.22. The van der Waals surface area contributed by atoms with Gasteiger partial charge in [0.25, 0.3) is 0 Å². The van der Waals surface area contributed by atoms with Gasteiger partial charge in [-0.2, -0.15) is 13.2 Å². The first-order valence-electron chi connectivity index (χ1n) is 8.31. The summed E-state index contributed by atoms with van der Waals surface area (Å²) in [4.78, 5) is 29.1. The van der Waals surface area contributed by atoms with Crippen LogP contribution in [0.4, 0.5) is 24.9 Å². The lowest BCUT2D eigenvalue weighted by Gasteiger charge is -2.26. The summed E-state index contributed by atoms with van der Waals surface area (Å²) in [6.45, 7) is 1.79. The number of rotatable bonds is 4. The quantitative estimate of drug-likeness (QED) is 0.830. The van der Waals surface area contributed by atoms with E-state index in [0.717, 1.165) is 4.90 Å². The van der Waals surface area contributed by atoms with Crippen LogP contribution in [0.25, 0.3) is 11.4 Å². The Balaban J connectivity index is 1.79. The number of alkyl halides is 3. The number of amides is 1. The van der Waals surface area contributed by atoms with E-state index in [1.807, 2.05) is 0 Å². The molecule has 0 bridgehead atoms. The SMILES string of the molecule is CC(N)C(=O)Nc1ccnc(-c2cnc(N3CCCC3C(F)(F)F)nc2)n1. The van der Waals surface area contributed by atoms with Gasteiger partial charge in [-0.05, 0) is 25.8 Å². The smallest absolute Gasteiger partial charge is 0.329 e. The van der Waals surface area contributed by atoms with Gasteiger partial charge in [0.2, 0.25) is 11.9 Å². The Morgan fingerprint density at radius 2 is 2.04 bits per heavy atom. The van der Waals surface area contributed by atoms with Crippen LogP contribution in [-0.4, -0.2) is 50.6 Å². The maximum absolute atomic E-state index is 13.1. The zero-order chi connectivity index (χ0) is 19.6. The lowest BCUT2D eigenvalue weighted by molar-refractivity contribution is -0.146. The first kappa shape index (κ1) is 19.0. The molecule has 0 spiro atoms. The molecule has 2 aromatic heterocycles. The van der Waals surface area contributed by atoms with Crippen LogP contribution in [0.5, 0.6) is 0 Å². The number of nitrogens with two attached hydrogens (primary N) is 1. The molecule has 1 saturated heterocycles. The van der Waals surface area contributed by atoms with Gasteiger partial charge in [0.05, 0.1) is 11.6 Å². The van der Waals surface area contributed by atoms with Crippen LogP contribution >= 0.6 is 0 Å². The molecule has 0 radical (unpaired) electrons. The summed E-state index contributed by atoms with van der Waals surface area (Å²) in [5.41, 5.74) is 5.91. The van der Waals surface area contributed by atoms with Crippen molar-refractivity contribution in [1.29, 1.82) is 0 Å². The molecule has 0 aliphatic carbocycles. The van der Waals surface area contributed by atoms with Crippen molar-refractivity contribution >= 4 is 17.7 Å². The van der Waals surface area contributed by atoms with Crippen molar-refractivity contribution in [1.82, 2.24) is 19.9 Å². The molecule has 3 heterocycles. The van der Waals surface area contributed by atoms with Crippen molar-refractivity contribution < 1.29 is 18.0 Å². The van der Waals surface area contributed by atoms with E-state index < -0.39 is 24.2 Å². The lowest BCUT2D eigenvalue weighted by atomic mass is 10.2. The van der Waals surface area contributed by atoms with Gasteiger partial charge in [-0.25, -0.2) is 19.9 Å². The third kappa shape index (κ3) is 4.30. The first-order valence-corrected chi connectivity index (χ1v) is 8.31. The minimum absolute atomic E-state index is 0.0139. The molecule has 144 valence electrons. The zero-order valence-electron chi connectivity index (χ0n) is 14.4. The second kappa shape index (κ2) is 7.43. The summed E-state index contributed by atoms with van der Waals surface area (Å²) in [6.07, 6.45) is 0.293. The Morgan fingerprint density at radius 1 is 1.33 bits per heavy atom. The summed E-state index contributed by atoms with van der Waals surface area (Å²) < 4.78 is 39.3. The molecule has 3 N–H and O–H groups in total. The second-order valence-corrected chi connectivity index (χ2v) is 6.21.